The van der Waals surface area contributed by atoms with Gasteiger partial charge in [-0.1, -0.05) is 46.5 Å². The zero-order valence-electron chi connectivity index (χ0n) is 27.0. The first-order chi connectivity index (χ1) is 20.0. The summed E-state index contributed by atoms with van der Waals surface area (Å²) < 4.78 is 21.3. The Morgan fingerprint density at radius 2 is 1.09 bits per heavy atom. The summed E-state index contributed by atoms with van der Waals surface area (Å²) in [6.07, 6.45) is 4.60. The van der Waals surface area contributed by atoms with Crippen LogP contribution in [0.3, 0.4) is 0 Å². The largest absolute Gasteiger partial charge is 0.465 e. The highest BCUT2D eigenvalue weighted by Crippen LogP contribution is 2.31. The molecule has 0 aromatic rings. The summed E-state index contributed by atoms with van der Waals surface area (Å²) in [6.45, 7) is 8.72. The van der Waals surface area contributed by atoms with Crippen LogP contribution in [-0.4, -0.2) is 103 Å². The average Bonchev–Trinajstić information content (AvgIpc) is 2.96. The van der Waals surface area contributed by atoms with E-state index in [-0.39, 0.29) is 71.5 Å². The number of hydrogen-bond donors (Lipinski definition) is 3. The van der Waals surface area contributed by atoms with Crippen molar-refractivity contribution in [2.75, 3.05) is 52.7 Å². The summed E-state index contributed by atoms with van der Waals surface area (Å²) in [5.41, 5.74) is -2.78. The van der Waals surface area contributed by atoms with Crippen molar-refractivity contribution < 1.29 is 53.4 Å². The van der Waals surface area contributed by atoms with Crippen molar-refractivity contribution in [1.29, 1.82) is 0 Å². The third-order valence-corrected chi connectivity index (χ3v) is 7.61. The van der Waals surface area contributed by atoms with E-state index in [2.05, 4.69) is 6.92 Å². The van der Waals surface area contributed by atoms with Crippen LogP contribution in [-0.2, 0) is 33.3 Å². The van der Waals surface area contributed by atoms with Gasteiger partial charge >= 0.3 is 24.0 Å². The van der Waals surface area contributed by atoms with Crippen LogP contribution in [0, 0.1) is 22.7 Å². The van der Waals surface area contributed by atoms with Gasteiger partial charge in [0.25, 0.3) is 0 Å². The summed E-state index contributed by atoms with van der Waals surface area (Å²) in [7, 11) is 0. The number of aliphatic hydroxyl groups is 3. The zero-order chi connectivity index (χ0) is 32.7. The van der Waals surface area contributed by atoms with E-state index in [1.54, 1.807) is 34.6 Å². The molecule has 0 aromatic carbocycles. The Bertz CT molecular complexity index is 875. The number of rotatable bonds is 18. The lowest BCUT2D eigenvalue weighted by atomic mass is 9.81. The molecule has 1 amide bonds. The Kier molecular flexibility index (Phi) is 16.5. The number of carbonyl (C=O) groups excluding carboxylic acids is 4. The molecule has 43 heavy (non-hydrogen) atoms. The van der Waals surface area contributed by atoms with Gasteiger partial charge in [0.1, 0.15) is 25.4 Å². The van der Waals surface area contributed by atoms with Gasteiger partial charge in [0.15, 0.2) is 0 Å². The first kappa shape index (κ1) is 38.6. The van der Waals surface area contributed by atoms with E-state index >= 15 is 0 Å². The van der Waals surface area contributed by atoms with Crippen LogP contribution in [0.25, 0.3) is 0 Å². The van der Waals surface area contributed by atoms with Crippen molar-refractivity contribution >= 4 is 24.0 Å². The second kappa shape index (κ2) is 18.4. The molecule has 1 unspecified atom stereocenters. The minimum Gasteiger partial charge on any atom is -0.465 e. The lowest BCUT2D eigenvalue weighted by molar-refractivity contribution is -0.155. The zero-order valence-corrected chi connectivity index (χ0v) is 27.0. The van der Waals surface area contributed by atoms with Crippen LogP contribution in [0.5, 0.6) is 0 Å². The fraction of sp³-hybridized carbons (Fsp3) is 0.871. The lowest BCUT2D eigenvalue weighted by Crippen LogP contribution is -2.40. The van der Waals surface area contributed by atoms with Crippen LogP contribution in [0.15, 0.2) is 0 Å². The van der Waals surface area contributed by atoms with E-state index in [9.17, 15) is 34.5 Å². The van der Waals surface area contributed by atoms with Gasteiger partial charge in [0.05, 0.1) is 38.1 Å². The van der Waals surface area contributed by atoms with E-state index in [0.29, 0.717) is 12.3 Å². The summed E-state index contributed by atoms with van der Waals surface area (Å²) in [4.78, 5) is 51.0. The molecule has 0 saturated heterocycles. The fourth-order valence-corrected chi connectivity index (χ4v) is 4.27. The molecule has 1 rings (SSSR count). The highest BCUT2D eigenvalue weighted by molar-refractivity contribution is 5.74. The summed E-state index contributed by atoms with van der Waals surface area (Å²) >= 11 is 0. The van der Waals surface area contributed by atoms with Crippen molar-refractivity contribution in [2.45, 2.75) is 98.5 Å². The third-order valence-electron chi connectivity index (χ3n) is 7.61. The lowest BCUT2D eigenvalue weighted by Gasteiger charge is -2.28. The molecule has 1 aliphatic carbocycles. The molecule has 1 saturated carbocycles. The molecule has 0 spiro atoms. The number of ether oxygens (including phenoxy) is 4. The number of esters is 3. The molecule has 250 valence electrons. The topological polar surface area (TPSA) is 169 Å². The van der Waals surface area contributed by atoms with Gasteiger partial charge in [-0.2, -0.15) is 0 Å². The Labute approximate surface area is 256 Å². The number of nitrogens with zero attached hydrogens (tertiary/aromatic N) is 1. The van der Waals surface area contributed by atoms with Gasteiger partial charge in [-0.3, -0.25) is 14.4 Å². The Hall–Kier alpha value is -2.44. The second-order valence-electron chi connectivity index (χ2n) is 13.7. The Morgan fingerprint density at radius 3 is 1.51 bits per heavy atom. The molecule has 0 aliphatic heterocycles. The smallest absolute Gasteiger partial charge is 0.410 e. The average molecular weight is 618 g/mol. The molecule has 0 heterocycles. The number of aliphatic hydroxyl groups excluding tert-OH is 3. The molecule has 12 nitrogen and oxygen atoms in total. The molecular formula is C31H55NO11. The van der Waals surface area contributed by atoms with Crippen LogP contribution >= 0.6 is 0 Å². The summed E-state index contributed by atoms with van der Waals surface area (Å²) in [6, 6.07) is 0. The first-order valence-corrected chi connectivity index (χ1v) is 15.3. The SMILES string of the molecule is CC1CCC(CCC(=O)OCC(C)(CO)COC(=O)CCN(CCC(=O)OCC(C)(CO)CO)C(=O)OC(C)(C)C)CC1. The predicted octanol–water partition coefficient (Wildman–Crippen LogP) is 3.23. The molecule has 0 aromatic heterocycles. The van der Waals surface area contributed by atoms with Crippen LogP contribution < -0.4 is 0 Å². The van der Waals surface area contributed by atoms with E-state index in [1.165, 1.54) is 17.7 Å². The maximum Gasteiger partial charge on any atom is 0.410 e. The van der Waals surface area contributed by atoms with Crippen molar-refractivity contribution in [3.05, 3.63) is 0 Å². The third kappa shape index (κ3) is 16.3. The molecule has 1 fully saturated rings. The molecule has 3 N–H and O–H groups in total. The number of hydrogen-bond acceptors (Lipinski definition) is 11. The van der Waals surface area contributed by atoms with Gasteiger partial charge < -0.3 is 39.2 Å². The van der Waals surface area contributed by atoms with Crippen LogP contribution in [0.2, 0.25) is 0 Å². The van der Waals surface area contributed by atoms with E-state index < -0.39 is 34.5 Å². The molecule has 0 radical (unpaired) electrons. The van der Waals surface area contributed by atoms with Crippen molar-refractivity contribution in [1.82, 2.24) is 4.90 Å². The fourth-order valence-electron chi connectivity index (χ4n) is 4.27. The normalized spacial score (nSPS) is 18.7. The maximum atomic E-state index is 12.7. The number of carbonyl (C=O) groups is 4. The van der Waals surface area contributed by atoms with Crippen molar-refractivity contribution in [3.8, 4) is 0 Å². The summed E-state index contributed by atoms with van der Waals surface area (Å²) in [5, 5.41) is 28.6. The van der Waals surface area contributed by atoms with E-state index in [1.807, 2.05) is 0 Å². The molecule has 1 atom stereocenters. The molecule has 1 aliphatic rings. The molecular weight excluding hydrogens is 562 g/mol. The van der Waals surface area contributed by atoms with Gasteiger partial charge in [-0.15, -0.1) is 0 Å². The second-order valence-corrected chi connectivity index (χ2v) is 13.7. The molecule has 12 heteroatoms. The van der Waals surface area contributed by atoms with Gasteiger partial charge in [-0.25, -0.2) is 4.79 Å². The Balaban J connectivity index is 2.56. The summed E-state index contributed by atoms with van der Waals surface area (Å²) in [5.74, 6) is -0.351. The highest BCUT2D eigenvalue weighted by Gasteiger charge is 2.30. The van der Waals surface area contributed by atoms with Gasteiger partial charge in [0.2, 0.25) is 0 Å². The number of amides is 1. The van der Waals surface area contributed by atoms with Crippen LogP contribution in [0.4, 0.5) is 4.79 Å². The highest BCUT2D eigenvalue weighted by atomic mass is 16.6. The minimum atomic E-state index is -0.988. The van der Waals surface area contributed by atoms with Crippen molar-refractivity contribution in [2.24, 2.45) is 22.7 Å². The van der Waals surface area contributed by atoms with E-state index in [4.69, 9.17) is 18.9 Å². The molecule has 0 bridgehead atoms. The van der Waals surface area contributed by atoms with Gasteiger partial charge in [-0.05, 0) is 39.0 Å². The minimum absolute atomic E-state index is 0.0970. The predicted molar refractivity (Wildman–Crippen MR) is 158 cm³/mol. The first-order valence-electron chi connectivity index (χ1n) is 15.3. The quantitative estimate of drug-likeness (QED) is 0.152. The van der Waals surface area contributed by atoms with Gasteiger partial charge in [0, 0.05) is 24.9 Å². The van der Waals surface area contributed by atoms with Crippen molar-refractivity contribution in [3.63, 3.8) is 0 Å². The van der Waals surface area contributed by atoms with Crippen LogP contribution in [0.1, 0.15) is 92.9 Å². The maximum absolute atomic E-state index is 12.7. The standard InChI is InChI=1S/C31H55NO11/c1-23-7-9-24(10-8-23)11-12-25(36)41-21-31(6,19-35)22-42-27(38)14-16-32(28(39)43-29(2,3)4)15-13-26(37)40-20-30(5,17-33)18-34/h23-24,33-35H,7-22H2,1-6H3. The monoisotopic (exact) mass is 617 g/mol. The van der Waals surface area contributed by atoms with E-state index in [0.717, 1.165) is 25.2 Å². The Morgan fingerprint density at radius 1 is 0.674 bits per heavy atom.